The molecule has 170 valence electrons. The van der Waals surface area contributed by atoms with Crippen molar-refractivity contribution in [2.45, 2.75) is 33.2 Å². The SMILES string of the molecule is CCNC(=NCc1ccccc1OC(F)(F)F)NCCC(=O)Nc1ccc(C)cn1.I. The van der Waals surface area contributed by atoms with Gasteiger partial charge in [0, 0.05) is 31.3 Å². The second kappa shape index (κ2) is 13.0. The summed E-state index contributed by atoms with van der Waals surface area (Å²) in [6.45, 7) is 4.56. The molecule has 2 rings (SSSR count). The van der Waals surface area contributed by atoms with E-state index in [4.69, 9.17) is 0 Å². The number of carbonyl (C=O) groups excluding carboxylic acids is 1. The molecule has 0 saturated heterocycles. The molecule has 0 radical (unpaired) electrons. The lowest BCUT2D eigenvalue weighted by Crippen LogP contribution is -2.38. The third-order valence-corrected chi connectivity index (χ3v) is 3.77. The molecule has 31 heavy (non-hydrogen) atoms. The second-order valence-corrected chi connectivity index (χ2v) is 6.30. The number of amides is 1. The van der Waals surface area contributed by atoms with Crippen molar-refractivity contribution in [3.8, 4) is 5.75 Å². The van der Waals surface area contributed by atoms with E-state index in [1.165, 1.54) is 18.2 Å². The highest BCUT2D eigenvalue weighted by Gasteiger charge is 2.31. The molecule has 1 heterocycles. The Morgan fingerprint density at radius 1 is 1.16 bits per heavy atom. The maximum Gasteiger partial charge on any atom is 0.573 e. The van der Waals surface area contributed by atoms with E-state index in [1.807, 2.05) is 19.9 Å². The van der Waals surface area contributed by atoms with Crippen LogP contribution < -0.4 is 20.7 Å². The lowest BCUT2D eigenvalue weighted by molar-refractivity contribution is -0.274. The molecule has 0 spiro atoms. The maximum absolute atomic E-state index is 12.5. The molecular formula is C20H25F3IN5O2. The number of rotatable bonds is 8. The molecule has 0 aliphatic rings. The number of nitrogens with one attached hydrogen (secondary N) is 3. The number of guanidine groups is 1. The van der Waals surface area contributed by atoms with E-state index in [0.29, 0.717) is 18.3 Å². The largest absolute Gasteiger partial charge is 0.573 e. The minimum atomic E-state index is -4.78. The fourth-order valence-corrected chi connectivity index (χ4v) is 2.41. The molecule has 7 nitrogen and oxygen atoms in total. The molecule has 11 heteroatoms. The molecule has 2 aromatic rings. The molecule has 0 aliphatic carbocycles. The number of carbonyl (C=O) groups is 1. The molecule has 1 aromatic heterocycles. The predicted octanol–water partition coefficient (Wildman–Crippen LogP) is 3.99. The zero-order chi connectivity index (χ0) is 22.0. The summed E-state index contributed by atoms with van der Waals surface area (Å²) in [4.78, 5) is 20.4. The van der Waals surface area contributed by atoms with Crippen molar-refractivity contribution in [3.63, 3.8) is 0 Å². The molecular weight excluding hydrogens is 526 g/mol. The first-order valence-electron chi connectivity index (χ1n) is 9.35. The van der Waals surface area contributed by atoms with Crippen molar-refractivity contribution in [2.24, 2.45) is 4.99 Å². The van der Waals surface area contributed by atoms with Crippen LogP contribution in [0.4, 0.5) is 19.0 Å². The Bertz CT molecular complexity index is 861. The molecule has 0 aliphatic heterocycles. The Morgan fingerprint density at radius 2 is 1.90 bits per heavy atom. The van der Waals surface area contributed by atoms with Crippen molar-refractivity contribution in [3.05, 3.63) is 53.7 Å². The minimum absolute atomic E-state index is 0. The molecule has 1 amide bonds. The number of aryl methyl sites for hydroxylation is 1. The summed E-state index contributed by atoms with van der Waals surface area (Å²) in [5.41, 5.74) is 1.28. The van der Waals surface area contributed by atoms with Gasteiger partial charge < -0.3 is 20.7 Å². The highest BCUT2D eigenvalue weighted by Crippen LogP contribution is 2.26. The summed E-state index contributed by atoms with van der Waals surface area (Å²) in [6, 6.07) is 9.37. The number of alkyl halides is 3. The number of nitrogens with zero attached hydrogens (tertiary/aromatic N) is 2. The van der Waals surface area contributed by atoms with Crippen LogP contribution in [-0.2, 0) is 11.3 Å². The van der Waals surface area contributed by atoms with Crippen LogP contribution in [-0.4, -0.2) is 36.3 Å². The van der Waals surface area contributed by atoms with E-state index < -0.39 is 6.36 Å². The molecule has 3 N–H and O–H groups in total. The molecule has 0 bridgehead atoms. The Kier molecular flexibility index (Phi) is 11.1. The Morgan fingerprint density at radius 3 is 2.55 bits per heavy atom. The minimum Gasteiger partial charge on any atom is -0.405 e. The fourth-order valence-electron chi connectivity index (χ4n) is 2.41. The van der Waals surface area contributed by atoms with E-state index in [0.717, 1.165) is 5.56 Å². The third-order valence-electron chi connectivity index (χ3n) is 3.77. The number of para-hydroxylation sites is 1. The smallest absolute Gasteiger partial charge is 0.405 e. The highest BCUT2D eigenvalue weighted by atomic mass is 127. The standard InChI is InChI=1S/C20H24F3N5O2.HI/c1-3-24-19(25-11-10-18(29)28-17-9-8-14(2)12-26-17)27-13-15-6-4-5-7-16(15)30-20(21,22)23;/h4-9,12H,3,10-11,13H2,1-2H3,(H2,24,25,27)(H,26,28,29);1H. The van der Waals surface area contributed by atoms with E-state index >= 15 is 0 Å². The average molecular weight is 551 g/mol. The van der Waals surface area contributed by atoms with Gasteiger partial charge in [-0.3, -0.25) is 4.79 Å². The monoisotopic (exact) mass is 551 g/mol. The molecule has 0 fully saturated rings. The van der Waals surface area contributed by atoms with Crippen LogP contribution >= 0.6 is 24.0 Å². The summed E-state index contributed by atoms with van der Waals surface area (Å²) >= 11 is 0. The van der Waals surface area contributed by atoms with Crippen LogP contribution in [0.15, 0.2) is 47.6 Å². The van der Waals surface area contributed by atoms with Gasteiger partial charge in [-0.1, -0.05) is 24.3 Å². The van der Waals surface area contributed by atoms with Gasteiger partial charge in [0.25, 0.3) is 0 Å². The van der Waals surface area contributed by atoms with E-state index in [-0.39, 0.29) is 60.7 Å². The summed E-state index contributed by atoms with van der Waals surface area (Å²) in [7, 11) is 0. The summed E-state index contributed by atoms with van der Waals surface area (Å²) in [5.74, 6) is 0.321. The van der Waals surface area contributed by atoms with Crippen LogP contribution in [0.25, 0.3) is 0 Å². The zero-order valence-corrected chi connectivity index (χ0v) is 19.5. The number of ether oxygens (including phenoxy) is 1. The van der Waals surface area contributed by atoms with E-state index in [2.05, 4.69) is 30.7 Å². The van der Waals surface area contributed by atoms with Crippen molar-refractivity contribution in [1.82, 2.24) is 15.6 Å². The van der Waals surface area contributed by atoms with Gasteiger partial charge >= 0.3 is 6.36 Å². The van der Waals surface area contributed by atoms with Crippen LogP contribution in [0.2, 0.25) is 0 Å². The molecule has 0 unspecified atom stereocenters. The van der Waals surface area contributed by atoms with Crippen LogP contribution in [0.3, 0.4) is 0 Å². The molecule has 0 saturated carbocycles. The number of benzene rings is 1. The first kappa shape index (κ1) is 26.5. The van der Waals surface area contributed by atoms with Gasteiger partial charge in [0.15, 0.2) is 5.96 Å². The summed E-state index contributed by atoms with van der Waals surface area (Å²) in [6.07, 6.45) is -2.96. The number of hydrogen-bond donors (Lipinski definition) is 3. The zero-order valence-electron chi connectivity index (χ0n) is 17.1. The van der Waals surface area contributed by atoms with Crippen molar-refractivity contribution >= 4 is 41.7 Å². The Labute approximate surface area is 195 Å². The second-order valence-electron chi connectivity index (χ2n) is 6.30. The third kappa shape index (κ3) is 10.3. The first-order valence-corrected chi connectivity index (χ1v) is 9.35. The fraction of sp³-hybridized carbons (Fsp3) is 0.350. The topological polar surface area (TPSA) is 87.6 Å². The van der Waals surface area contributed by atoms with E-state index in [9.17, 15) is 18.0 Å². The number of hydrogen-bond acceptors (Lipinski definition) is 4. The number of aliphatic imine (C=N–C) groups is 1. The Hall–Kier alpha value is -2.57. The summed E-state index contributed by atoms with van der Waals surface area (Å²) in [5, 5.41) is 8.65. The van der Waals surface area contributed by atoms with Crippen LogP contribution in [0, 0.1) is 6.92 Å². The maximum atomic E-state index is 12.5. The molecule has 1 aromatic carbocycles. The van der Waals surface area contributed by atoms with Crippen molar-refractivity contribution < 1.29 is 22.7 Å². The van der Waals surface area contributed by atoms with Crippen LogP contribution in [0.1, 0.15) is 24.5 Å². The lowest BCUT2D eigenvalue weighted by Gasteiger charge is -2.14. The molecule has 0 atom stereocenters. The lowest BCUT2D eigenvalue weighted by atomic mass is 10.2. The predicted molar refractivity (Wildman–Crippen MR) is 124 cm³/mol. The van der Waals surface area contributed by atoms with Gasteiger partial charge in [-0.15, -0.1) is 37.1 Å². The number of aromatic nitrogens is 1. The van der Waals surface area contributed by atoms with Gasteiger partial charge in [-0.25, -0.2) is 9.98 Å². The van der Waals surface area contributed by atoms with Crippen LogP contribution in [0.5, 0.6) is 5.75 Å². The van der Waals surface area contributed by atoms with Gasteiger partial charge in [-0.05, 0) is 31.5 Å². The number of halogens is 4. The quantitative estimate of drug-likeness (QED) is 0.263. The Balaban J connectivity index is 0.00000480. The number of anilines is 1. The van der Waals surface area contributed by atoms with Crippen molar-refractivity contribution in [2.75, 3.05) is 18.4 Å². The van der Waals surface area contributed by atoms with Gasteiger partial charge in [0.2, 0.25) is 5.91 Å². The van der Waals surface area contributed by atoms with Crippen molar-refractivity contribution in [1.29, 1.82) is 0 Å². The van der Waals surface area contributed by atoms with E-state index in [1.54, 1.807) is 18.3 Å². The van der Waals surface area contributed by atoms with Gasteiger partial charge in [-0.2, -0.15) is 0 Å². The average Bonchev–Trinajstić information content (AvgIpc) is 2.68. The normalized spacial score (nSPS) is 11.3. The highest BCUT2D eigenvalue weighted by molar-refractivity contribution is 14.0. The number of pyridine rings is 1. The van der Waals surface area contributed by atoms with Gasteiger partial charge in [0.05, 0.1) is 6.54 Å². The summed E-state index contributed by atoms with van der Waals surface area (Å²) < 4.78 is 41.6. The first-order chi connectivity index (χ1) is 14.3. The van der Waals surface area contributed by atoms with Gasteiger partial charge in [0.1, 0.15) is 11.6 Å².